The van der Waals surface area contributed by atoms with Crippen molar-refractivity contribution in [2.75, 3.05) is 7.05 Å². The first-order chi connectivity index (χ1) is 17.9. The average molecular weight is 533 g/mol. The number of nitrogens with one attached hydrogen (secondary N) is 1. The van der Waals surface area contributed by atoms with Crippen LogP contribution in [0.15, 0.2) is 85.1 Å². The lowest BCUT2D eigenvalue weighted by molar-refractivity contribution is -0.143. The van der Waals surface area contributed by atoms with Gasteiger partial charge in [-0.05, 0) is 30.8 Å². The number of carboxylic acid groups (broad SMARTS) is 1. The summed E-state index contributed by atoms with van der Waals surface area (Å²) in [7, 11) is 1.44. The van der Waals surface area contributed by atoms with E-state index in [2.05, 4.69) is 15.3 Å². The molecule has 0 aliphatic carbocycles. The van der Waals surface area contributed by atoms with Crippen LogP contribution in [0.5, 0.6) is 0 Å². The number of nitrogens with zero attached hydrogens (tertiary/aromatic N) is 2. The molecule has 2 N–H and O–H groups in total. The quantitative estimate of drug-likeness (QED) is 0.272. The average Bonchev–Trinajstić information content (AvgIpc) is 2.89. The molecule has 0 saturated carbocycles. The van der Waals surface area contributed by atoms with Gasteiger partial charge >= 0.3 is 18.3 Å². The van der Waals surface area contributed by atoms with E-state index in [1.807, 2.05) is 60.7 Å². The molecule has 4 aromatic rings. The molecule has 0 fully saturated rings. The molecule has 0 bridgehead atoms. The van der Waals surface area contributed by atoms with Gasteiger partial charge in [0.25, 0.3) is 0 Å². The predicted molar refractivity (Wildman–Crippen MR) is 129 cm³/mol. The molecule has 198 valence electrons. The van der Waals surface area contributed by atoms with Crippen LogP contribution in [0.4, 0.5) is 26.3 Å². The van der Waals surface area contributed by atoms with Gasteiger partial charge in [0.2, 0.25) is 0 Å². The third-order valence-electron chi connectivity index (χ3n) is 5.13. The van der Waals surface area contributed by atoms with E-state index in [0.29, 0.717) is 23.7 Å². The van der Waals surface area contributed by atoms with Crippen molar-refractivity contribution in [2.45, 2.75) is 18.9 Å². The maximum atomic E-state index is 12.4. The fraction of sp³-hybridized carbons (Fsp3) is 0.148. The monoisotopic (exact) mass is 533 g/mol. The first-order valence-corrected chi connectivity index (χ1v) is 11.0. The molecule has 0 unspecified atom stereocenters. The number of halogens is 6. The lowest BCUT2D eigenvalue weighted by Crippen LogP contribution is -2.14. The van der Waals surface area contributed by atoms with E-state index in [9.17, 15) is 36.2 Å². The highest BCUT2D eigenvalue weighted by Gasteiger charge is 2.36. The second-order valence-electron chi connectivity index (χ2n) is 7.94. The fourth-order valence-corrected chi connectivity index (χ4v) is 3.41. The number of carboxylic acids is 1. The van der Waals surface area contributed by atoms with Crippen molar-refractivity contribution in [1.82, 2.24) is 15.3 Å². The van der Waals surface area contributed by atoms with Crippen molar-refractivity contribution >= 4 is 5.97 Å². The molecule has 0 aliphatic rings. The molecule has 3 aromatic carbocycles. The van der Waals surface area contributed by atoms with Crippen molar-refractivity contribution in [3.63, 3.8) is 0 Å². The zero-order valence-corrected chi connectivity index (χ0v) is 19.8. The van der Waals surface area contributed by atoms with Crippen LogP contribution in [-0.2, 0) is 18.9 Å². The van der Waals surface area contributed by atoms with E-state index in [1.54, 1.807) is 0 Å². The topological polar surface area (TPSA) is 75.1 Å². The first kappa shape index (κ1) is 28.3. The number of hydrogen-bond donors (Lipinski definition) is 2. The number of hydrogen-bond acceptors (Lipinski definition) is 4. The Labute approximate surface area is 213 Å². The fourth-order valence-electron chi connectivity index (χ4n) is 3.41. The Morgan fingerprint density at radius 3 is 1.76 bits per heavy atom. The zero-order valence-electron chi connectivity index (χ0n) is 19.8. The zero-order chi connectivity index (χ0) is 27.9. The second-order valence-corrected chi connectivity index (χ2v) is 7.94. The van der Waals surface area contributed by atoms with Gasteiger partial charge in [-0.25, -0.2) is 14.8 Å². The molecular weight excluding hydrogens is 512 g/mol. The molecule has 0 atom stereocenters. The van der Waals surface area contributed by atoms with Crippen molar-refractivity contribution in [3.05, 3.63) is 107 Å². The van der Waals surface area contributed by atoms with E-state index in [0.717, 1.165) is 11.1 Å². The summed E-state index contributed by atoms with van der Waals surface area (Å²) >= 11 is 0. The lowest BCUT2D eigenvalue weighted by Gasteiger charge is -2.13. The summed E-state index contributed by atoms with van der Waals surface area (Å²) < 4.78 is 74.3. The van der Waals surface area contributed by atoms with Gasteiger partial charge in [-0.15, -0.1) is 0 Å². The van der Waals surface area contributed by atoms with Crippen LogP contribution in [0.25, 0.3) is 22.6 Å². The number of alkyl halides is 6. The summed E-state index contributed by atoms with van der Waals surface area (Å²) in [5, 5.41) is 11.8. The van der Waals surface area contributed by atoms with Crippen LogP contribution in [0.1, 0.15) is 27.0 Å². The number of rotatable bonds is 5. The van der Waals surface area contributed by atoms with Crippen LogP contribution < -0.4 is 5.32 Å². The summed E-state index contributed by atoms with van der Waals surface area (Å²) in [5.74, 6) is -0.520. The molecule has 0 radical (unpaired) electrons. The van der Waals surface area contributed by atoms with Gasteiger partial charge in [-0.1, -0.05) is 60.7 Å². The van der Waals surface area contributed by atoms with Gasteiger partial charge in [0, 0.05) is 23.9 Å². The highest BCUT2D eigenvalue weighted by molar-refractivity contribution is 5.94. The number of aromatic carboxylic acids is 1. The molecule has 0 amide bonds. The Morgan fingerprint density at radius 1 is 0.816 bits per heavy atom. The molecule has 1 aromatic heterocycles. The molecule has 11 heteroatoms. The molecule has 0 saturated heterocycles. The minimum absolute atomic E-state index is 0.0605. The van der Waals surface area contributed by atoms with Crippen LogP contribution in [0.2, 0.25) is 0 Å². The van der Waals surface area contributed by atoms with Gasteiger partial charge < -0.3 is 10.4 Å². The van der Waals surface area contributed by atoms with Crippen molar-refractivity contribution in [3.8, 4) is 22.6 Å². The Morgan fingerprint density at radius 2 is 1.32 bits per heavy atom. The summed E-state index contributed by atoms with van der Waals surface area (Å²) in [4.78, 5) is 20.0. The third kappa shape index (κ3) is 7.39. The van der Waals surface area contributed by atoms with E-state index in [1.165, 1.54) is 13.2 Å². The Kier molecular flexibility index (Phi) is 8.84. The van der Waals surface area contributed by atoms with Gasteiger partial charge in [-0.3, -0.25) is 0 Å². The van der Waals surface area contributed by atoms with E-state index < -0.39 is 29.4 Å². The summed E-state index contributed by atoms with van der Waals surface area (Å²) in [6, 6.07) is 20.3. The smallest absolute Gasteiger partial charge is 0.416 e. The molecule has 38 heavy (non-hydrogen) atoms. The van der Waals surface area contributed by atoms with Crippen LogP contribution >= 0.6 is 0 Å². The molecule has 0 spiro atoms. The van der Waals surface area contributed by atoms with Crippen molar-refractivity contribution in [1.29, 1.82) is 0 Å². The number of aromatic nitrogens is 2. The Hall–Kier alpha value is -4.25. The maximum Gasteiger partial charge on any atom is 0.416 e. The third-order valence-corrected chi connectivity index (χ3v) is 5.13. The van der Waals surface area contributed by atoms with E-state index >= 15 is 0 Å². The maximum absolute atomic E-state index is 12.4. The van der Waals surface area contributed by atoms with Crippen molar-refractivity contribution in [2.24, 2.45) is 0 Å². The van der Waals surface area contributed by atoms with Gasteiger partial charge in [0.1, 0.15) is 5.56 Å². The van der Waals surface area contributed by atoms with Crippen molar-refractivity contribution < 1.29 is 36.2 Å². The number of benzene rings is 3. The van der Waals surface area contributed by atoms with Gasteiger partial charge in [-0.2, -0.15) is 26.3 Å². The number of carbonyl (C=O) groups is 1. The van der Waals surface area contributed by atoms with E-state index in [-0.39, 0.29) is 23.7 Å². The predicted octanol–water partition coefficient (Wildman–Crippen LogP) is 6.95. The van der Waals surface area contributed by atoms with Gasteiger partial charge in [0.15, 0.2) is 5.82 Å². The Bertz CT molecular complexity index is 1340. The van der Waals surface area contributed by atoms with E-state index in [4.69, 9.17) is 0 Å². The molecule has 0 aliphatic heterocycles. The lowest BCUT2D eigenvalue weighted by atomic mass is 10.0. The minimum Gasteiger partial charge on any atom is -0.478 e. The second kappa shape index (κ2) is 11.9. The standard InChI is InChI=1S/C17H12N2O2.C10H9F6N/c20-17(21)14-11-18-16(13-9-5-2-6-10-13)19-15(14)12-7-3-1-4-8-12;1-17-5-6-2-7(9(11,12)13)4-8(3-6)10(14,15)16/h1-11H,(H,20,21);2-4,17H,5H2,1H3. The first-order valence-electron chi connectivity index (χ1n) is 11.0. The normalized spacial score (nSPS) is 11.4. The largest absolute Gasteiger partial charge is 0.478 e. The summed E-state index contributed by atoms with van der Waals surface area (Å²) in [6.45, 7) is -0.0625. The highest BCUT2D eigenvalue weighted by atomic mass is 19.4. The Balaban J connectivity index is 0.000000216. The molecular formula is C27H21F6N3O2. The summed E-state index contributed by atoms with van der Waals surface area (Å²) in [6.07, 6.45) is -8.21. The van der Waals surface area contributed by atoms with Crippen LogP contribution in [0.3, 0.4) is 0 Å². The minimum atomic E-state index is -4.79. The molecule has 4 rings (SSSR count). The van der Waals surface area contributed by atoms with Crippen LogP contribution in [0, 0.1) is 0 Å². The van der Waals surface area contributed by atoms with Gasteiger partial charge in [0.05, 0.1) is 16.8 Å². The highest BCUT2D eigenvalue weighted by Crippen LogP contribution is 2.36. The molecule has 1 heterocycles. The molecule has 5 nitrogen and oxygen atoms in total. The van der Waals surface area contributed by atoms with Crippen LogP contribution in [-0.4, -0.2) is 28.1 Å². The SMILES string of the molecule is CNCc1cc(C(F)(F)F)cc(C(F)(F)F)c1.O=C(O)c1cnc(-c2ccccc2)nc1-c1ccccc1. The summed E-state index contributed by atoms with van der Waals surface area (Å²) in [5.41, 5.74) is -0.510.